The minimum atomic E-state index is 1.03. The minimum Gasteiger partial charge on any atom is -0.0654 e. The number of unbranched alkanes of at least 4 members (excludes halogenated alkanes) is 19. The smallest absolute Gasteiger partial charge is 0.0412 e. The lowest BCUT2D eigenvalue weighted by atomic mass is 9.82. The zero-order valence-electron chi connectivity index (χ0n) is 25.0. The van der Waals surface area contributed by atoms with E-state index in [1.54, 1.807) is 6.42 Å². The summed E-state index contributed by atoms with van der Waals surface area (Å²) in [6, 6.07) is 0. The highest BCUT2D eigenvalue weighted by molar-refractivity contribution is 4.69. The first kappa shape index (κ1) is 34.0. The summed E-state index contributed by atoms with van der Waals surface area (Å²) in [5.74, 6) is 2.05. The summed E-state index contributed by atoms with van der Waals surface area (Å²) in [6.45, 7) is 9.35. The van der Waals surface area contributed by atoms with Gasteiger partial charge in [0.1, 0.15) is 0 Å². The van der Waals surface area contributed by atoms with E-state index in [1.807, 2.05) is 0 Å². The Morgan fingerprint density at radius 2 is 0.471 bits per heavy atom. The van der Waals surface area contributed by atoms with E-state index in [0.717, 1.165) is 11.8 Å². The number of rotatable bonds is 29. The van der Waals surface area contributed by atoms with E-state index in [0.29, 0.717) is 0 Å². The van der Waals surface area contributed by atoms with Gasteiger partial charge in [-0.15, -0.1) is 0 Å². The highest BCUT2D eigenvalue weighted by atomic mass is 14.2. The lowest BCUT2D eigenvalue weighted by Crippen LogP contribution is -2.11. The second kappa shape index (κ2) is 29.2. The summed E-state index contributed by atoms with van der Waals surface area (Å²) < 4.78 is 0. The predicted molar refractivity (Wildman–Crippen MR) is 159 cm³/mol. The molecule has 1 atom stereocenters. The van der Waals surface area contributed by atoms with Crippen molar-refractivity contribution >= 4 is 0 Å². The van der Waals surface area contributed by atoms with Crippen molar-refractivity contribution in [3.8, 4) is 0 Å². The van der Waals surface area contributed by atoms with Crippen LogP contribution in [-0.2, 0) is 0 Å². The molecule has 0 aromatic rings. The Hall–Kier alpha value is 0. The van der Waals surface area contributed by atoms with Gasteiger partial charge in [-0.05, 0) is 18.3 Å². The first-order valence-corrected chi connectivity index (χ1v) is 16.8. The van der Waals surface area contributed by atoms with Crippen molar-refractivity contribution < 1.29 is 0 Å². The van der Waals surface area contributed by atoms with Crippen LogP contribution in [0.25, 0.3) is 0 Å². The topological polar surface area (TPSA) is 0 Å². The average Bonchev–Trinajstić information content (AvgIpc) is 2.84. The van der Waals surface area contributed by atoms with Crippen LogP contribution in [0.15, 0.2) is 0 Å². The molecule has 34 heavy (non-hydrogen) atoms. The maximum atomic E-state index is 2.34. The molecule has 0 fully saturated rings. The fraction of sp³-hybridized carbons (Fsp3) is 1.00. The standard InChI is InChI=1S/C34H70/c1-5-9-13-17-21-25-29-33(28-24-20-16-12-8-4)32-34(30-26-22-18-14-10-6-2)31-27-23-19-15-11-7-3/h33-34H,5-32H2,1-4H3. The Kier molecular flexibility index (Phi) is 29.2. The Labute approximate surface area is 219 Å². The molecule has 0 rings (SSSR count). The van der Waals surface area contributed by atoms with Crippen molar-refractivity contribution in [2.75, 3.05) is 0 Å². The third-order valence-electron chi connectivity index (χ3n) is 8.28. The van der Waals surface area contributed by atoms with Crippen molar-refractivity contribution in [1.29, 1.82) is 0 Å². The van der Waals surface area contributed by atoms with Gasteiger partial charge >= 0.3 is 0 Å². The van der Waals surface area contributed by atoms with Gasteiger partial charge < -0.3 is 0 Å². The first-order valence-electron chi connectivity index (χ1n) is 16.8. The largest absolute Gasteiger partial charge is 0.0654 e. The van der Waals surface area contributed by atoms with Crippen LogP contribution < -0.4 is 0 Å². The van der Waals surface area contributed by atoms with Gasteiger partial charge in [-0.3, -0.25) is 0 Å². The molecule has 0 aromatic carbocycles. The van der Waals surface area contributed by atoms with Gasteiger partial charge in [-0.25, -0.2) is 0 Å². The first-order chi connectivity index (χ1) is 16.8. The molecule has 0 bridgehead atoms. The van der Waals surface area contributed by atoms with Crippen molar-refractivity contribution in [3.63, 3.8) is 0 Å². The van der Waals surface area contributed by atoms with Gasteiger partial charge in [0, 0.05) is 0 Å². The lowest BCUT2D eigenvalue weighted by Gasteiger charge is -2.24. The maximum Gasteiger partial charge on any atom is -0.0412 e. The van der Waals surface area contributed by atoms with Crippen LogP contribution in [0, 0.1) is 11.8 Å². The van der Waals surface area contributed by atoms with Gasteiger partial charge in [-0.2, -0.15) is 0 Å². The van der Waals surface area contributed by atoms with Gasteiger partial charge in [0.15, 0.2) is 0 Å². The van der Waals surface area contributed by atoms with Crippen LogP contribution in [0.3, 0.4) is 0 Å². The second-order valence-electron chi connectivity index (χ2n) is 11.8. The molecule has 0 saturated carbocycles. The molecule has 0 heteroatoms. The van der Waals surface area contributed by atoms with Gasteiger partial charge in [0.05, 0.1) is 0 Å². The van der Waals surface area contributed by atoms with E-state index < -0.39 is 0 Å². The van der Waals surface area contributed by atoms with E-state index in [1.165, 1.54) is 173 Å². The third-order valence-corrected chi connectivity index (χ3v) is 8.28. The van der Waals surface area contributed by atoms with Gasteiger partial charge in [-0.1, -0.05) is 201 Å². The van der Waals surface area contributed by atoms with E-state index >= 15 is 0 Å². The molecular formula is C34H70. The Morgan fingerprint density at radius 3 is 0.706 bits per heavy atom. The summed E-state index contributed by atoms with van der Waals surface area (Å²) in [7, 11) is 0. The molecule has 0 aliphatic heterocycles. The van der Waals surface area contributed by atoms with Gasteiger partial charge in [0.25, 0.3) is 0 Å². The molecule has 0 aliphatic carbocycles. The molecule has 1 unspecified atom stereocenters. The van der Waals surface area contributed by atoms with Crippen LogP contribution in [0.4, 0.5) is 0 Å². The van der Waals surface area contributed by atoms with Crippen LogP contribution in [-0.4, -0.2) is 0 Å². The molecule has 0 saturated heterocycles. The molecule has 0 nitrogen and oxygen atoms in total. The Bertz CT molecular complexity index is 330. The van der Waals surface area contributed by atoms with Crippen LogP contribution >= 0.6 is 0 Å². The van der Waals surface area contributed by atoms with Crippen molar-refractivity contribution in [2.24, 2.45) is 11.8 Å². The van der Waals surface area contributed by atoms with E-state index in [-0.39, 0.29) is 0 Å². The predicted octanol–water partition coefficient (Wildman–Crippen LogP) is 13.2. The van der Waals surface area contributed by atoms with Gasteiger partial charge in [0.2, 0.25) is 0 Å². The molecule has 0 aliphatic rings. The zero-order chi connectivity index (χ0) is 25.0. The molecule has 0 heterocycles. The van der Waals surface area contributed by atoms with E-state index in [2.05, 4.69) is 27.7 Å². The number of hydrogen-bond acceptors (Lipinski definition) is 0. The molecular weight excluding hydrogens is 408 g/mol. The molecule has 0 spiro atoms. The monoisotopic (exact) mass is 479 g/mol. The molecule has 0 aromatic heterocycles. The van der Waals surface area contributed by atoms with E-state index in [9.17, 15) is 0 Å². The fourth-order valence-corrected chi connectivity index (χ4v) is 5.91. The average molecular weight is 479 g/mol. The van der Waals surface area contributed by atoms with Crippen LogP contribution in [0.5, 0.6) is 0 Å². The van der Waals surface area contributed by atoms with Crippen molar-refractivity contribution in [1.82, 2.24) is 0 Å². The molecule has 0 N–H and O–H groups in total. The molecule has 0 amide bonds. The van der Waals surface area contributed by atoms with Crippen molar-refractivity contribution in [3.05, 3.63) is 0 Å². The maximum absolute atomic E-state index is 2.34. The Morgan fingerprint density at radius 1 is 0.265 bits per heavy atom. The summed E-state index contributed by atoms with van der Waals surface area (Å²) in [5, 5.41) is 0. The van der Waals surface area contributed by atoms with Crippen LogP contribution in [0.2, 0.25) is 0 Å². The SMILES string of the molecule is CCCCCCCCC(CCCCCCC)CC(CCCCCCCC)CCCCCCCC. The molecule has 0 radical (unpaired) electrons. The number of hydrogen-bond donors (Lipinski definition) is 0. The quantitative estimate of drug-likeness (QED) is 0.0937. The lowest BCUT2D eigenvalue weighted by molar-refractivity contribution is 0.282. The third kappa shape index (κ3) is 25.1. The minimum absolute atomic E-state index is 1.03. The van der Waals surface area contributed by atoms with Crippen LogP contribution in [0.1, 0.15) is 207 Å². The second-order valence-corrected chi connectivity index (χ2v) is 11.8. The van der Waals surface area contributed by atoms with E-state index in [4.69, 9.17) is 0 Å². The zero-order valence-corrected chi connectivity index (χ0v) is 25.0. The highest BCUT2D eigenvalue weighted by Gasteiger charge is 2.16. The Balaban J connectivity index is 4.56. The highest BCUT2D eigenvalue weighted by Crippen LogP contribution is 2.31. The fourth-order valence-electron chi connectivity index (χ4n) is 5.91. The summed E-state index contributed by atoms with van der Waals surface area (Å²) in [4.78, 5) is 0. The molecule has 206 valence electrons. The van der Waals surface area contributed by atoms with Crippen molar-refractivity contribution in [2.45, 2.75) is 207 Å². The summed E-state index contributed by atoms with van der Waals surface area (Å²) >= 11 is 0. The summed E-state index contributed by atoms with van der Waals surface area (Å²) in [5.41, 5.74) is 0. The normalized spacial score (nSPS) is 12.6. The summed E-state index contributed by atoms with van der Waals surface area (Å²) in [6.07, 6.45) is 41.3.